The Morgan fingerprint density at radius 1 is 1.45 bits per heavy atom. The Kier molecular flexibility index (Phi) is 5.48. The summed E-state index contributed by atoms with van der Waals surface area (Å²) < 4.78 is 17.4. The number of carbonyl (C=O) groups excluding carboxylic acids is 1. The second kappa shape index (κ2) is 7.55. The van der Waals surface area contributed by atoms with Crippen LogP contribution in [-0.4, -0.2) is 39.7 Å². The average Bonchev–Trinajstić information content (AvgIpc) is 2.99. The van der Waals surface area contributed by atoms with Crippen molar-refractivity contribution in [3.63, 3.8) is 0 Å². The molecular weight excluding hydrogens is 309 g/mol. The Morgan fingerprint density at radius 2 is 2.18 bits per heavy atom. The summed E-state index contributed by atoms with van der Waals surface area (Å²) in [5, 5.41) is 11.1. The smallest absolute Gasteiger partial charge is 0.316 e. The third-order valence-electron chi connectivity index (χ3n) is 2.60. The number of aromatic amines is 1. The van der Waals surface area contributed by atoms with Crippen LogP contribution in [0.5, 0.6) is 0 Å². The fourth-order valence-electron chi connectivity index (χ4n) is 1.44. The van der Waals surface area contributed by atoms with Crippen molar-refractivity contribution >= 4 is 29.4 Å². The van der Waals surface area contributed by atoms with Crippen molar-refractivity contribution < 1.29 is 13.9 Å². The zero-order valence-corrected chi connectivity index (χ0v) is 12.8. The van der Waals surface area contributed by atoms with Crippen LogP contribution in [0.1, 0.15) is 12.5 Å². The summed E-state index contributed by atoms with van der Waals surface area (Å²) in [5.41, 5.74) is 4.17. The first-order chi connectivity index (χ1) is 10.6. The first-order valence-electron chi connectivity index (χ1n) is 6.26. The van der Waals surface area contributed by atoms with E-state index in [4.69, 9.17) is 0 Å². The Bertz CT molecular complexity index is 671. The van der Waals surface area contributed by atoms with Crippen molar-refractivity contribution in [1.29, 1.82) is 0 Å². The summed E-state index contributed by atoms with van der Waals surface area (Å²) in [7, 11) is 1.32. The number of methoxy groups -OCH3 is 1. The summed E-state index contributed by atoms with van der Waals surface area (Å²) in [5.74, 6) is -0.179. The molecule has 0 atom stereocenters. The highest BCUT2D eigenvalue weighted by Gasteiger charge is 2.07. The van der Waals surface area contributed by atoms with E-state index in [1.807, 2.05) is 0 Å². The predicted molar refractivity (Wildman–Crippen MR) is 81.4 cm³/mol. The number of nitrogens with zero attached hydrogens (tertiary/aromatic N) is 3. The number of H-pyrrole nitrogens is 1. The summed E-state index contributed by atoms with van der Waals surface area (Å²) in [6, 6.07) is 6.00. The van der Waals surface area contributed by atoms with E-state index >= 15 is 0 Å². The molecule has 0 aliphatic rings. The van der Waals surface area contributed by atoms with Crippen LogP contribution < -0.4 is 5.43 Å². The molecule has 0 aliphatic heterocycles. The van der Waals surface area contributed by atoms with Gasteiger partial charge in [-0.3, -0.25) is 4.79 Å². The van der Waals surface area contributed by atoms with Gasteiger partial charge in [-0.25, -0.2) is 14.9 Å². The van der Waals surface area contributed by atoms with Gasteiger partial charge in [0.1, 0.15) is 5.82 Å². The summed E-state index contributed by atoms with van der Waals surface area (Å²) in [6.45, 7) is 1.78. The highest BCUT2D eigenvalue weighted by molar-refractivity contribution is 7.99. The number of thioether (sulfide) groups is 1. The van der Waals surface area contributed by atoms with E-state index < -0.39 is 0 Å². The molecule has 1 aromatic carbocycles. The minimum absolute atomic E-state index is 0.131. The summed E-state index contributed by atoms with van der Waals surface area (Å²) >= 11 is 1.15. The van der Waals surface area contributed by atoms with Gasteiger partial charge in [0.25, 0.3) is 0 Å². The molecule has 116 valence electrons. The van der Waals surface area contributed by atoms with Crippen molar-refractivity contribution in [3.05, 3.63) is 35.6 Å². The summed E-state index contributed by atoms with van der Waals surface area (Å²) in [4.78, 5) is 15.1. The summed E-state index contributed by atoms with van der Waals surface area (Å²) in [6.07, 6.45) is 0. The molecule has 2 aromatic rings. The fourth-order valence-corrected chi connectivity index (χ4v) is 2.07. The Labute approximate surface area is 130 Å². The quantitative estimate of drug-likeness (QED) is 0.366. The predicted octanol–water partition coefficient (Wildman–Crippen LogP) is 2.04. The fraction of sp³-hybridized carbons (Fsp3) is 0.231. The SMILES string of the molecule is COC(=O)CSc1n[nH]c(N/N=C(\C)c2ccc(F)cc2)n1. The second-order valence-corrected chi connectivity index (χ2v) is 5.09. The Hall–Kier alpha value is -2.42. The van der Waals surface area contributed by atoms with Gasteiger partial charge in [0, 0.05) is 0 Å². The zero-order chi connectivity index (χ0) is 15.9. The number of anilines is 1. The molecule has 0 amide bonds. The van der Waals surface area contributed by atoms with Crippen LogP contribution in [0, 0.1) is 5.82 Å². The number of esters is 1. The van der Waals surface area contributed by atoms with E-state index in [9.17, 15) is 9.18 Å². The van der Waals surface area contributed by atoms with E-state index in [1.54, 1.807) is 19.1 Å². The van der Waals surface area contributed by atoms with Gasteiger partial charge in [0.15, 0.2) is 0 Å². The van der Waals surface area contributed by atoms with Gasteiger partial charge in [-0.15, -0.1) is 5.10 Å². The first-order valence-corrected chi connectivity index (χ1v) is 7.25. The number of ether oxygens (including phenoxy) is 1. The monoisotopic (exact) mass is 323 g/mol. The van der Waals surface area contributed by atoms with E-state index in [-0.39, 0.29) is 17.5 Å². The number of halogens is 1. The maximum Gasteiger partial charge on any atom is 0.316 e. The topological polar surface area (TPSA) is 92.3 Å². The molecule has 0 radical (unpaired) electrons. The van der Waals surface area contributed by atoms with Crippen LogP contribution >= 0.6 is 11.8 Å². The van der Waals surface area contributed by atoms with Crippen molar-refractivity contribution in [3.8, 4) is 0 Å². The molecule has 0 saturated heterocycles. The standard InChI is InChI=1S/C13H14FN5O2S/c1-8(9-3-5-10(14)6-4-9)16-17-12-15-13(19-18-12)22-7-11(20)21-2/h3-6H,7H2,1-2H3,(H2,15,17,18,19)/b16-8+. The number of nitrogens with one attached hydrogen (secondary N) is 2. The van der Waals surface area contributed by atoms with Crippen LogP contribution in [0.15, 0.2) is 34.5 Å². The molecule has 2 rings (SSSR count). The van der Waals surface area contributed by atoms with Crippen molar-refractivity contribution in [2.45, 2.75) is 12.1 Å². The van der Waals surface area contributed by atoms with E-state index in [2.05, 4.69) is 30.4 Å². The van der Waals surface area contributed by atoms with Gasteiger partial charge in [-0.05, 0) is 24.6 Å². The lowest BCUT2D eigenvalue weighted by Gasteiger charge is -2.00. The molecule has 22 heavy (non-hydrogen) atoms. The van der Waals surface area contributed by atoms with E-state index in [1.165, 1.54) is 19.2 Å². The number of hydrazone groups is 1. The lowest BCUT2D eigenvalue weighted by atomic mass is 10.1. The molecule has 0 aliphatic carbocycles. The lowest BCUT2D eigenvalue weighted by Crippen LogP contribution is -2.03. The normalized spacial score (nSPS) is 11.3. The number of carbonyl (C=O) groups is 1. The van der Waals surface area contributed by atoms with Crippen molar-refractivity contribution in [2.75, 3.05) is 18.3 Å². The Balaban J connectivity index is 1.93. The molecule has 0 fully saturated rings. The van der Waals surface area contributed by atoms with Gasteiger partial charge in [-0.1, -0.05) is 23.9 Å². The third kappa shape index (κ3) is 4.55. The van der Waals surface area contributed by atoms with Gasteiger partial charge in [-0.2, -0.15) is 10.1 Å². The molecule has 2 N–H and O–H groups in total. The van der Waals surface area contributed by atoms with Crippen LogP contribution in [0.3, 0.4) is 0 Å². The molecule has 7 nitrogen and oxygen atoms in total. The van der Waals surface area contributed by atoms with Gasteiger partial charge in [0.2, 0.25) is 11.1 Å². The number of rotatable bonds is 6. The molecule has 0 bridgehead atoms. The number of aromatic nitrogens is 3. The number of benzene rings is 1. The van der Waals surface area contributed by atoms with Crippen LogP contribution in [-0.2, 0) is 9.53 Å². The maximum atomic E-state index is 12.8. The van der Waals surface area contributed by atoms with Crippen LogP contribution in [0.4, 0.5) is 10.3 Å². The van der Waals surface area contributed by atoms with E-state index in [0.29, 0.717) is 16.8 Å². The largest absolute Gasteiger partial charge is 0.468 e. The van der Waals surface area contributed by atoms with Gasteiger partial charge < -0.3 is 4.74 Å². The van der Waals surface area contributed by atoms with Crippen LogP contribution in [0.2, 0.25) is 0 Å². The highest BCUT2D eigenvalue weighted by Crippen LogP contribution is 2.14. The minimum Gasteiger partial charge on any atom is -0.468 e. The molecule has 0 spiro atoms. The Morgan fingerprint density at radius 3 is 2.86 bits per heavy atom. The minimum atomic E-state index is -0.352. The van der Waals surface area contributed by atoms with Gasteiger partial charge >= 0.3 is 5.97 Å². The number of hydrogen-bond donors (Lipinski definition) is 2. The molecule has 1 heterocycles. The highest BCUT2D eigenvalue weighted by atomic mass is 32.2. The second-order valence-electron chi connectivity index (χ2n) is 4.15. The van der Waals surface area contributed by atoms with Crippen molar-refractivity contribution in [1.82, 2.24) is 15.2 Å². The molecule has 9 heteroatoms. The maximum absolute atomic E-state index is 12.8. The van der Waals surface area contributed by atoms with Gasteiger partial charge in [0.05, 0.1) is 18.6 Å². The average molecular weight is 323 g/mol. The molecule has 0 saturated carbocycles. The molecular formula is C13H14FN5O2S. The molecule has 1 aromatic heterocycles. The molecule has 0 unspecified atom stereocenters. The zero-order valence-electron chi connectivity index (χ0n) is 12.0. The third-order valence-corrected chi connectivity index (χ3v) is 3.42. The van der Waals surface area contributed by atoms with Crippen molar-refractivity contribution in [2.24, 2.45) is 5.10 Å². The lowest BCUT2D eigenvalue weighted by molar-refractivity contribution is -0.137. The first kappa shape index (κ1) is 16.0. The van der Waals surface area contributed by atoms with E-state index in [0.717, 1.165) is 17.3 Å². The number of hydrogen-bond acceptors (Lipinski definition) is 7. The van der Waals surface area contributed by atoms with Crippen LogP contribution in [0.25, 0.3) is 0 Å².